The van der Waals surface area contributed by atoms with Crippen molar-refractivity contribution < 1.29 is 13.6 Å². The van der Waals surface area contributed by atoms with Gasteiger partial charge in [0, 0.05) is 6.54 Å². The standard InChI is InChI=1S/C44H64N2O3Si2/c1-43(2,3)50(9,10)48-37-23-16-33(17-24-37)39-26-20-35-32-38(49-51(11,12)44(4,5)6)25-27-40(35)41(39)42(45(7)8)34-18-21-36(22-19-34)47-31-30-46-28-14-13-15-29-46/h16-27,32,42H,13-15,28-31H2,1-12H3. The zero-order chi connectivity index (χ0) is 37.2. The number of benzene rings is 4. The van der Waals surface area contributed by atoms with Gasteiger partial charge in [-0.05, 0) is 146 Å². The molecule has 1 atom stereocenters. The van der Waals surface area contributed by atoms with Crippen LogP contribution in [0, 0.1) is 0 Å². The Bertz CT molecular complexity index is 1750. The topological polar surface area (TPSA) is 34.2 Å². The van der Waals surface area contributed by atoms with Crippen LogP contribution in [0.3, 0.4) is 0 Å². The number of piperidine rings is 1. The van der Waals surface area contributed by atoms with Crippen LogP contribution in [0.2, 0.25) is 36.3 Å². The monoisotopic (exact) mass is 724 g/mol. The van der Waals surface area contributed by atoms with E-state index >= 15 is 0 Å². The van der Waals surface area contributed by atoms with E-state index in [1.807, 2.05) is 0 Å². The lowest BCUT2D eigenvalue weighted by Gasteiger charge is -2.36. The third-order valence-electron chi connectivity index (χ3n) is 11.7. The van der Waals surface area contributed by atoms with Crippen molar-refractivity contribution in [1.82, 2.24) is 9.80 Å². The average Bonchev–Trinajstić information content (AvgIpc) is 3.05. The van der Waals surface area contributed by atoms with Crippen molar-refractivity contribution in [2.24, 2.45) is 0 Å². The third-order valence-corrected chi connectivity index (χ3v) is 20.4. The maximum absolute atomic E-state index is 6.78. The number of likely N-dealkylation sites (tertiary alicyclic amines) is 1. The van der Waals surface area contributed by atoms with Gasteiger partial charge in [0.05, 0.1) is 6.04 Å². The first-order valence-corrected chi connectivity index (χ1v) is 24.8. The first kappa shape index (κ1) is 39.1. The molecule has 1 fully saturated rings. The van der Waals surface area contributed by atoms with E-state index in [4.69, 9.17) is 13.6 Å². The van der Waals surface area contributed by atoms with Crippen LogP contribution in [-0.2, 0) is 0 Å². The predicted molar refractivity (Wildman–Crippen MR) is 223 cm³/mol. The summed E-state index contributed by atoms with van der Waals surface area (Å²) in [4.78, 5) is 4.86. The van der Waals surface area contributed by atoms with Crippen molar-refractivity contribution in [3.63, 3.8) is 0 Å². The Hall–Kier alpha value is -3.11. The molecule has 0 radical (unpaired) electrons. The third kappa shape index (κ3) is 9.28. The Morgan fingerprint density at radius 1 is 0.667 bits per heavy atom. The van der Waals surface area contributed by atoms with Crippen LogP contribution in [0.5, 0.6) is 17.2 Å². The summed E-state index contributed by atoms with van der Waals surface area (Å²) in [7, 11) is 0.418. The quantitative estimate of drug-likeness (QED) is 0.136. The highest BCUT2D eigenvalue weighted by Gasteiger charge is 2.40. The second-order valence-corrected chi connectivity index (χ2v) is 27.3. The minimum Gasteiger partial charge on any atom is -0.544 e. The van der Waals surface area contributed by atoms with Gasteiger partial charge in [0.25, 0.3) is 0 Å². The van der Waals surface area contributed by atoms with Crippen LogP contribution < -0.4 is 13.6 Å². The van der Waals surface area contributed by atoms with E-state index in [-0.39, 0.29) is 16.1 Å². The molecule has 0 amide bonds. The fourth-order valence-corrected chi connectivity index (χ4v) is 8.54. The normalized spacial score (nSPS) is 15.6. The summed E-state index contributed by atoms with van der Waals surface area (Å²) < 4.78 is 19.7. The van der Waals surface area contributed by atoms with Gasteiger partial charge in [0.1, 0.15) is 23.9 Å². The minimum atomic E-state index is -1.99. The molecule has 0 bridgehead atoms. The fourth-order valence-electron chi connectivity index (χ4n) is 6.48. The van der Waals surface area contributed by atoms with Gasteiger partial charge in [-0.3, -0.25) is 9.80 Å². The number of nitrogens with zero attached hydrogens (tertiary/aromatic N) is 2. The van der Waals surface area contributed by atoms with E-state index in [2.05, 4.69) is 170 Å². The lowest BCUT2D eigenvalue weighted by atomic mass is 9.86. The van der Waals surface area contributed by atoms with E-state index < -0.39 is 16.6 Å². The van der Waals surface area contributed by atoms with E-state index in [0.717, 1.165) is 30.4 Å². The molecule has 276 valence electrons. The lowest BCUT2D eigenvalue weighted by molar-refractivity contribution is 0.183. The largest absolute Gasteiger partial charge is 0.544 e. The molecule has 0 aromatic heterocycles. The number of rotatable bonds is 12. The summed E-state index contributed by atoms with van der Waals surface area (Å²) >= 11 is 0. The Balaban J connectivity index is 1.53. The average molecular weight is 725 g/mol. The van der Waals surface area contributed by atoms with Crippen molar-refractivity contribution in [1.29, 1.82) is 0 Å². The molecule has 4 aromatic rings. The summed E-state index contributed by atoms with van der Waals surface area (Å²) in [5.74, 6) is 2.82. The molecule has 1 aliphatic rings. The van der Waals surface area contributed by atoms with Gasteiger partial charge in [0.15, 0.2) is 0 Å². The van der Waals surface area contributed by atoms with Gasteiger partial charge in [-0.1, -0.05) is 90.4 Å². The van der Waals surface area contributed by atoms with Gasteiger partial charge in [-0.25, -0.2) is 0 Å². The molecule has 5 nitrogen and oxygen atoms in total. The van der Waals surface area contributed by atoms with Gasteiger partial charge < -0.3 is 13.6 Å². The maximum atomic E-state index is 6.78. The number of ether oxygens (including phenoxy) is 1. The molecule has 51 heavy (non-hydrogen) atoms. The highest BCUT2D eigenvalue weighted by molar-refractivity contribution is 6.75. The highest BCUT2D eigenvalue weighted by atomic mass is 28.4. The Morgan fingerprint density at radius 3 is 1.78 bits per heavy atom. The van der Waals surface area contributed by atoms with Crippen molar-refractivity contribution in [3.8, 4) is 28.4 Å². The van der Waals surface area contributed by atoms with E-state index in [9.17, 15) is 0 Å². The first-order chi connectivity index (χ1) is 23.9. The van der Waals surface area contributed by atoms with Crippen molar-refractivity contribution >= 4 is 27.4 Å². The summed E-state index contributed by atoms with van der Waals surface area (Å²) in [5.41, 5.74) is 4.92. The minimum absolute atomic E-state index is 0.0152. The Morgan fingerprint density at radius 2 is 1.22 bits per heavy atom. The van der Waals surface area contributed by atoms with Crippen LogP contribution in [-0.4, -0.2) is 66.8 Å². The van der Waals surface area contributed by atoms with Crippen LogP contribution >= 0.6 is 0 Å². The molecular formula is C44H64N2O3Si2. The molecule has 5 rings (SSSR count). The molecular weight excluding hydrogens is 661 g/mol. The summed E-state index contributed by atoms with van der Waals surface area (Å²) in [6.45, 7) is 27.1. The summed E-state index contributed by atoms with van der Waals surface area (Å²) in [5, 5.41) is 2.68. The van der Waals surface area contributed by atoms with Gasteiger partial charge in [0.2, 0.25) is 16.6 Å². The highest BCUT2D eigenvalue weighted by Crippen LogP contribution is 2.43. The van der Waals surface area contributed by atoms with E-state index in [0.29, 0.717) is 0 Å². The second-order valence-electron chi connectivity index (χ2n) is 17.8. The zero-order valence-corrected chi connectivity index (χ0v) is 35.7. The second kappa shape index (κ2) is 15.5. The molecule has 7 heteroatoms. The Kier molecular flexibility index (Phi) is 11.9. The van der Waals surface area contributed by atoms with Crippen LogP contribution in [0.1, 0.15) is 78.0 Å². The predicted octanol–water partition coefficient (Wildman–Crippen LogP) is 11.8. The molecule has 1 aliphatic heterocycles. The smallest absolute Gasteiger partial charge is 0.250 e. The molecule has 1 heterocycles. The van der Waals surface area contributed by atoms with Gasteiger partial charge in [-0.2, -0.15) is 0 Å². The number of fused-ring (bicyclic) bond motifs is 1. The lowest BCUT2D eigenvalue weighted by Crippen LogP contribution is -2.43. The van der Waals surface area contributed by atoms with Crippen LogP contribution in [0.15, 0.2) is 78.9 Å². The van der Waals surface area contributed by atoms with Gasteiger partial charge >= 0.3 is 0 Å². The SMILES string of the molecule is CN(C)C(c1ccc(OCCN2CCCCC2)cc1)c1c(-c2ccc(O[Si](C)(C)C(C)(C)C)cc2)ccc2cc(O[Si](C)(C)C(C)(C)C)ccc12. The summed E-state index contributed by atoms with van der Waals surface area (Å²) in [6.07, 6.45) is 3.96. The number of hydrogen-bond acceptors (Lipinski definition) is 5. The molecule has 0 spiro atoms. The molecule has 1 unspecified atom stereocenters. The van der Waals surface area contributed by atoms with Crippen LogP contribution in [0.4, 0.5) is 0 Å². The van der Waals surface area contributed by atoms with Crippen LogP contribution in [0.25, 0.3) is 21.9 Å². The molecule has 0 aliphatic carbocycles. The van der Waals surface area contributed by atoms with E-state index in [1.54, 1.807) is 0 Å². The zero-order valence-electron chi connectivity index (χ0n) is 33.7. The van der Waals surface area contributed by atoms with Crippen molar-refractivity contribution in [2.75, 3.05) is 40.3 Å². The van der Waals surface area contributed by atoms with E-state index in [1.165, 1.54) is 65.4 Å². The molecule has 0 saturated carbocycles. The van der Waals surface area contributed by atoms with Crippen molar-refractivity contribution in [2.45, 2.75) is 103 Å². The Labute approximate surface area is 311 Å². The maximum Gasteiger partial charge on any atom is 0.250 e. The molecule has 4 aromatic carbocycles. The summed E-state index contributed by atoms with van der Waals surface area (Å²) in [6, 6.07) is 28.8. The number of hydrogen-bond donors (Lipinski definition) is 0. The molecule has 0 N–H and O–H groups in total. The fraction of sp³-hybridized carbons (Fsp3) is 0.500. The van der Waals surface area contributed by atoms with Gasteiger partial charge in [-0.15, -0.1) is 0 Å². The first-order valence-electron chi connectivity index (χ1n) is 19.0. The molecule has 1 saturated heterocycles. The van der Waals surface area contributed by atoms with Crippen molar-refractivity contribution in [3.05, 3.63) is 90.0 Å².